The molecule has 0 radical (unpaired) electrons. The van der Waals surface area contributed by atoms with E-state index in [9.17, 15) is 4.39 Å². The minimum atomic E-state index is -0.606. The van der Waals surface area contributed by atoms with Gasteiger partial charge in [-0.25, -0.2) is 14.4 Å². The molecule has 0 fully saturated rings. The van der Waals surface area contributed by atoms with Crippen LogP contribution in [0.4, 0.5) is 4.39 Å². The van der Waals surface area contributed by atoms with Crippen molar-refractivity contribution in [1.82, 2.24) is 9.97 Å². The Morgan fingerprint density at radius 1 is 1.11 bits per heavy atom. The van der Waals surface area contributed by atoms with Crippen molar-refractivity contribution in [2.24, 2.45) is 0 Å². The molecule has 1 aromatic heterocycles. The van der Waals surface area contributed by atoms with E-state index < -0.39 is 5.82 Å². The number of rotatable bonds is 2. The molecule has 0 aliphatic heterocycles. The Labute approximate surface area is 119 Å². The second-order valence-electron chi connectivity index (χ2n) is 3.71. The zero-order valence-corrected chi connectivity index (χ0v) is 11.6. The third kappa shape index (κ3) is 2.74. The van der Waals surface area contributed by atoms with Crippen molar-refractivity contribution in [3.63, 3.8) is 0 Å². The molecule has 0 saturated heterocycles. The molecule has 1 aromatic carbocycles. The van der Waals surface area contributed by atoms with Gasteiger partial charge in [-0.15, -0.1) is 0 Å². The first kappa shape index (κ1) is 13.5. The number of hydrogen-bond acceptors (Lipinski definition) is 2. The number of nitrogens with zero attached hydrogens (tertiary/aromatic N) is 2. The van der Waals surface area contributed by atoms with Crippen LogP contribution in [0.25, 0.3) is 0 Å². The largest absolute Gasteiger partial charge is 0.235 e. The molecule has 2 nitrogen and oxygen atoms in total. The van der Waals surface area contributed by atoms with Gasteiger partial charge in [-0.1, -0.05) is 40.9 Å². The van der Waals surface area contributed by atoms with Crippen LogP contribution in [0.2, 0.25) is 15.2 Å². The fourth-order valence-corrected chi connectivity index (χ4v) is 2.28. The van der Waals surface area contributed by atoms with Gasteiger partial charge in [0, 0.05) is 16.5 Å². The third-order valence-corrected chi connectivity index (χ3v) is 3.38. The van der Waals surface area contributed by atoms with E-state index in [4.69, 9.17) is 34.8 Å². The first-order chi connectivity index (χ1) is 8.49. The minimum absolute atomic E-state index is 0.194. The SMILES string of the molecule is Cc1nc(Cc2c(Cl)cccc2Cl)nc(Cl)c1F. The molecule has 0 spiro atoms. The van der Waals surface area contributed by atoms with E-state index in [1.165, 1.54) is 6.92 Å². The summed E-state index contributed by atoms with van der Waals surface area (Å²) in [5.74, 6) is -0.223. The molecule has 0 aliphatic carbocycles. The molecule has 0 N–H and O–H groups in total. The van der Waals surface area contributed by atoms with Gasteiger partial charge in [-0.05, 0) is 24.6 Å². The average Bonchev–Trinajstić information content (AvgIpc) is 2.31. The van der Waals surface area contributed by atoms with Gasteiger partial charge < -0.3 is 0 Å². The zero-order valence-electron chi connectivity index (χ0n) is 9.35. The van der Waals surface area contributed by atoms with Gasteiger partial charge >= 0.3 is 0 Å². The average molecular weight is 306 g/mol. The van der Waals surface area contributed by atoms with E-state index in [0.29, 0.717) is 27.9 Å². The summed E-state index contributed by atoms with van der Waals surface area (Å²) in [4.78, 5) is 7.90. The van der Waals surface area contributed by atoms with Crippen molar-refractivity contribution in [3.05, 3.63) is 56.3 Å². The summed E-state index contributed by atoms with van der Waals surface area (Å²) in [6.45, 7) is 1.53. The number of aromatic nitrogens is 2. The maximum Gasteiger partial charge on any atom is 0.181 e. The minimum Gasteiger partial charge on any atom is -0.235 e. The summed E-state index contributed by atoms with van der Waals surface area (Å²) < 4.78 is 13.3. The van der Waals surface area contributed by atoms with E-state index in [-0.39, 0.29) is 10.8 Å². The standard InChI is InChI=1S/C12H8Cl3FN2/c1-6-11(16)12(15)18-10(17-6)5-7-8(13)3-2-4-9(7)14/h2-4H,5H2,1H3. The Hall–Kier alpha value is -0.900. The van der Waals surface area contributed by atoms with Crippen LogP contribution in [0.1, 0.15) is 17.1 Å². The van der Waals surface area contributed by atoms with E-state index in [2.05, 4.69) is 9.97 Å². The van der Waals surface area contributed by atoms with Gasteiger partial charge in [0.25, 0.3) is 0 Å². The second-order valence-corrected chi connectivity index (χ2v) is 4.88. The molecule has 1 heterocycles. The summed E-state index contributed by atoms with van der Waals surface area (Å²) in [5.41, 5.74) is 0.899. The second kappa shape index (κ2) is 5.39. The monoisotopic (exact) mass is 304 g/mol. The fourth-order valence-electron chi connectivity index (χ4n) is 1.52. The van der Waals surface area contributed by atoms with Crippen molar-refractivity contribution in [2.75, 3.05) is 0 Å². The lowest BCUT2D eigenvalue weighted by Gasteiger charge is -2.07. The highest BCUT2D eigenvalue weighted by Gasteiger charge is 2.12. The topological polar surface area (TPSA) is 25.8 Å². The van der Waals surface area contributed by atoms with Crippen LogP contribution < -0.4 is 0 Å². The lowest BCUT2D eigenvalue weighted by Crippen LogP contribution is -2.03. The molecule has 2 aromatic rings. The normalized spacial score (nSPS) is 10.7. The molecular formula is C12H8Cl3FN2. The highest BCUT2D eigenvalue weighted by atomic mass is 35.5. The van der Waals surface area contributed by atoms with Crippen LogP contribution in [0.15, 0.2) is 18.2 Å². The molecule has 0 atom stereocenters. The summed E-state index contributed by atoms with van der Waals surface area (Å²) in [6.07, 6.45) is 0.305. The highest BCUT2D eigenvalue weighted by Crippen LogP contribution is 2.26. The van der Waals surface area contributed by atoms with Gasteiger partial charge in [0.05, 0.1) is 5.69 Å². The Morgan fingerprint density at radius 3 is 2.28 bits per heavy atom. The smallest absolute Gasteiger partial charge is 0.181 e. The molecule has 18 heavy (non-hydrogen) atoms. The van der Waals surface area contributed by atoms with Gasteiger partial charge in [0.2, 0.25) is 0 Å². The molecule has 0 aliphatic rings. The van der Waals surface area contributed by atoms with Crippen LogP contribution in [0, 0.1) is 12.7 Å². The van der Waals surface area contributed by atoms with Crippen molar-refractivity contribution >= 4 is 34.8 Å². The predicted octanol–water partition coefficient (Wildman–Crippen LogP) is 4.48. The Bertz CT molecular complexity index is 559. The molecule has 0 amide bonds. The maximum atomic E-state index is 13.3. The number of halogens is 4. The lowest BCUT2D eigenvalue weighted by molar-refractivity contribution is 0.597. The van der Waals surface area contributed by atoms with Crippen LogP contribution in [-0.2, 0) is 6.42 Å². The fraction of sp³-hybridized carbons (Fsp3) is 0.167. The Kier molecular flexibility index (Phi) is 4.05. The molecule has 94 valence electrons. The Balaban J connectivity index is 2.41. The molecule has 6 heteroatoms. The molecule has 0 bridgehead atoms. The van der Waals surface area contributed by atoms with Crippen molar-refractivity contribution in [2.45, 2.75) is 13.3 Å². The van der Waals surface area contributed by atoms with Crippen LogP contribution in [-0.4, -0.2) is 9.97 Å². The van der Waals surface area contributed by atoms with Gasteiger partial charge in [-0.2, -0.15) is 0 Å². The predicted molar refractivity (Wildman–Crippen MR) is 71.0 cm³/mol. The summed E-state index contributed by atoms with van der Waals surface area (Å²) in [7, 11) is 0. The van der Waals surface area contributed by atoms with Gasteiger partial charge in [0.15, 0.2) is 11.0 Å². The first-order valence-corrected chi connectivity index (χ1v) is 6.24. The Morgan fingerprint density at radius 2 is 1.72 bits per heavy atom. The lowest BCUT2D eigenvalue weighted by atomic mass is 10.1. The number of benzene rings is 1. The van der Waals surface area contributed by atoms with Crippen LogP contribution >= 0.6 is 34.8 Å². The van der Waals surface area contributed by atoms with Crippen molar-refractivity contribution in [1.29, 1.82) is 0 Å². The van der Waals surface area contributed by atoms with Crippen LogP contribution in [0.3, 0.4) is 0 Å². The summed E-state index contributed by atoms with van der Waals surface area (Å²) >= 11 is 17.8. The third-order valence-electron chi connectivity index (χ3n) is 2.42. The van der Waals surface area contributed by atoms with Crippen molar-refractivity contribution < 1.29 is 4.39 Å². The number of aryl methyl sites for hydroxylation is 1. The highest BCUT2D eigenvalue weighted by molar-refractivity contribution is 6.36. The van der Waals surface area contributed by atoms with E-state index in [1.54, 1.807) is 18.2 Å². The maximum absolute atomic E-state index is 13.3. The molecule has 0 unspecified atom stereocenters. The zero-order chi connectivity index (χ0) is 13.3. The van der Waals surface area contributed by atoms with E-state index in [0.717, 1.165) is 0 Å². The van der Waals surface area contributed by atoms with Gasteiger partial charge in [-0.3, -0.25) is 0 Å². The van der Waals surface area contributed by atoms with Crippen LogP contribution in [0.5, 0.6) is 0 Å². The van der Waals surface area contributed by atoms with E-state index >= 15 is 0 Å². The number of hydrogen-bond donors (Lipinski definition) is 0. The first-order valence-electron chi connectivity index (χ1n) is 5.10. The molecule has 0 saturated carbocycles. The van der Waals surface area contributed by atoms with Gasteiger partial charge in [0.1, 0.15) is 5.82 Å². The summed E-state index contributed by atoms with van der Waals surface area (Å²) in [5, 5.41) is 0.842. The quantitative estimate of drug-likeness (QED) is 0.765. The van der Waals surface area contributed by atoms with Crippen molar-refractivity contribution in [3.8, 4) is 0 Å². The van der Waals surface area contributed by atoms with E-state index in [1.807, 2.05) is 0 Å². The summed E-state index contributed by atoms with van der Waals surface area (Å²) in [6, 6.07) is 5.19. The molecule has 2 rings (SSSR count). The molecular weight excluding hydrogens is 298 g/mol.